The monoisotopic (exact) mass is 346 g/mol. The summed E-state index contributed by atoms with van der Waals surface area (Å²) in [6.07, 6.45) is 0.582. The van der Waals surface area contributed by atoms with Gasteiger partial charge in [0.2, 0.25) is 0 Å². The normalized spacial score (nSPS) is 21.6. The molecule has 0 N–H and O–H groups in total. The van der Waals surface area contributed by atoms with Gasteiger partial charge in [0.15, 0.2) is 0 Å². The van der Waals surface area contributed by atoms with Gasteiger partial charge < -0.3 is 14.4 Å². The third-order valence-corrected chi connectivity index (χ3v) is 4.59. The highest BCUT2D eigenvalue weighted by atomic mass is 16.6. The van der Waals surface area contributed by atoms with E-state index in [0.29, 0.717) is 25.9 Å². The molecule has 6 heteroatoms. The molecule has 136 valence electrons. The Labute approximate surface area is 148 Å². The van der Waals surface area contributed by atoms with Gasteiger partial charge in [-0.2, -0.15) is 0 Å². The van der Waals surface area contributed by atoms with Gasteiger partial charge in [-0.15, -0.1) is 0 Å². The van der Waals surface area contributed by atoms with Crippen molar-refractivity contribution in [3.8, 4) is 0 Å². The Morgan fingerprint density at radius 3 is 2.48 bits per heavy atom. The number of rotatable bonds is 1. The molecule has 0 spiro atoms. The first kappa shape index (κ1) is 17.6. The van der Waals surface area contributed by atoms with E-state index in [1.54, 1.807) is 9.80 Å². The largest absolute Gasteiger partial charge is 0.444 e. The first-order valence-electron chi connectivity index (χ1n) is 8.83. The number of likely N-dealkylation sites (tertiary alicyclic amines) is 1. The van der Waals surface area contributed by atoms with Gasteiger partial charge in [-0.05, 0) is 46.6 Å². The number of amides is 2. The molecule has 3 rings (SSSR count). The Bertz CT molecular complexity index is 660. The zero-order chi connectivity index (χ0) is 18.2. The number of nitrogens with zero attached hydrogens (tertiary/aromatic N) is 2. The van der Waals surface area contributed by atoms with Crippen LogP contribution in [0.1, 0.15) is 52.2 Å². The van der Waals surface area contributed by atoms with Gasteiger partial charge >= 0.3 is 12.2 Å². The van der Waals surface area contributed by atoms with E-state index in [1.165, 1.54) is 0 Å². The van der Waals surface area contributed by atoms with E-state index < -0.39 is 5.60 Å². The molecule has 2 heterocycles. The van der Waals surface area contributed by atoms with Gasteiger partial charge in [-0.25, -0.2) is 9.59 Å². The zero-order valence-electron chi connectivity index (χ0n) is 15.3. The van der Waals surface area contributed by atoms with Crippen molar-refractivity contribution in [3.05, 3.63) is 29.8 Å². The summed E-state index contributed by atoms with van der Waals surface area (Å²) in [5, 5.41) is 0. The van der Waals surface area contributed by atoms with E-state index >= 15 is 0 Å². The molecule has 1 aromatic carbocycles. The van der Waals surface area contributed by atoms with E-state index in [4.69, 9.17) is 9.47 Å². The summed E-state index contributed by atoms with van der Waals surface area (Å²) in [4.78, 5) is 28.1. The second-order valence-electron chi connectivity index (χ2n) is 7.65. The lowest BCUT2D eigenvalue weighted by molar-refractivity contribution is 0.0203. The van der Waals surface area contributed by atoms with Crippen LogP contribution in [0.5, 0.6) is 0 Å². The molecular weight excluding hydrogens is 320 g/mol. The van der Waals surface area contributed by atoms with Crippen molar-refractivity contribution in [2.75, 3.05) is 18.0 Å². The average molecular weight is 346 g/mol. The second-order valence-corrected chi connectivity index (χ2v) is 7.65. The van der Waals surface area contributed by atoms with Crippen LogP contribution in [-0.2, 0) is 9.47 Å². The lowest BCUT2D eigenvalue weighted by Gasteiger charge is -2.41. The summed E-state index contributed by atoms with van der Waals surface area (Å²) in [5.41, 5.74) is 1.44. The minimum Gasteiger partial charge on any atom is -0.444 e. The molecule has 1 atom stereocenters. The number of fused-ring (bicyclic) bond motifs is 1. The lowest BCUT2D eigenvalue weighted by Crippen LogP contribution is -2.51. The van der Waals surface area contributed by atoms with Crippen LogP contribution in [0.4, 0.5) is 15.3 Å². The molecule has 2 amide bonds. The molecule has 2 aliphatic heterocycles. The molecule has 0 aliphatic carbocycles. The van der Waals surface area contributed by atoms with Crippen molar-refractivity contribution < 1.29 is 19.1 Å². The van der Waals surface area contributed by atoms with Crippen LogP contribution in [0.3, 0.4) is 0 Å². The Morgan fingerprint density at radius 2 is 1.84 bits per heavy atom. The van der Waals surface area contributed by atoms with Gasteiger partial charge in [0, 0.05) is 24.7 Å². The number of cyclic esters (lactones) is 1. The van der Waals surface area contributed by atoms with Crippen molar-refractivity contribution in [2.24, 2.45) is 0 Å². The van der Waals surface area contributed by atoms with E-state index in [-0.39, 0.29) is 24.3 Å². The van der Waals surface area contributed by atoms with Gasteiger partial charge in [-0.3, -0.25) is 4.90 Å². The van der Waals surface area contributed by atoms with Gasteiger partial charge in [0.05, 0.1) is 5.69 Å². The minimum atomic E-state index is -0.500. The first-order valence-corrected chi connectivity index (χ1v) is 8.83. The first-order chi connectivity index (χ1) is 11.8. The Hall–Kier alpha value is -2.24. The van der Waals surface area contributed by atoms with Gasteiger partial charge in [-0.1, -0.05) is 18.2 Å². The highest BCUT2D eigenvalue weighted by Crippen LogP contribution is 2.37. The van der Waals surface area contributed by atoms with Crippen molar-refractivity contribution in [2.45, 2.75) is 58.3 Å². The Balaban J connectivity index is 1.70. The van der Waals surface area contributed by atoms with E-state index in [1.807, 2.05) is 52.0 Å². The molecule has 2 aliphatic rings. The SMILES string of the molecule is CC1OC(=O)N(C2CCN(C(=O)OC(C)(C)C)CC2)c2ccccc21. The fraction of sp³-hybridized carbons (Fsp3) is 0.579. The van der Waals surface area contributed by atoms with Crippen LogP contribution in [0, 0.1) is 0 Å². The van der Waals surface area contributed by atoms with E-state index in [9.17, 15) is 9.59 Å². The molecule has 0 radical (unpaired) electrons. The van der Waals surface area contributed by atoms with Crippen LogP contribution in [0.25, 0.3) is 0 Å². The average Bonchev–Trinajstić information content (AvgIpc) is 2.54. The van der Waals surface area contributed by atoms with Crippen LogP contribution in [0.15, 0.2) is 24.3 Å². The number of piperidine rings is 1. The summed E-state index contributed by atoms with van der Waals surface area (Å²) in [5.74, 6) is 0. The number of ether oxygens (including phenoxy) is 2. The highest BCUT2D eigenvalue weighted by Gasteiger charge is 2.37. The van der Waals surface area contributed by atoms with Crippen molar-refractivity contribution in [1.82, 2.24) is 4.90 Å². The molecular formula is C19H26N2O4. The number of carbonyl (C=O) groups is 2. The number of carbonyl (C=O) groups excluding carboxylic acids is 2. The maximum atomic E-state index is 12.5. The lowest BCUT2D eigenvalue weighted by atomic mass is 9.99. The van der Waals surface area contributed by atoms with Crippen molar-refractivity contribution in [3.63, 3.8) is 0 Å². The van der Waals surface area contributed by atoms with E-state index in [0.717, 1.165) is 11.3 Å². The number of hydrogen-bond acceptors (Lipinski definition) is 4. The molecule has 1 unspecified atom stereocenters. The van der Waals surface area contributed by atoms with Crippen LogP contribution in [0.2, 0.25) is 0 Å². The van der Waals surface area contributed by atoms with Crippen LogP contribution >= 0.6 is 0 Å². The second kappa shape index (κ2) is 6.58. The fourth-order valence-electron chi connectivity index (χ4n) is 3.40. The molecule has 1 fully saturated rings. The Morgan fingerprint density at radius 1 is 1.20 bits per heavy atom. The number of hydrogen-bond donors (Lipinski definition) is 0. The maximum absolute atomic E-state index is 12.5. The standard InChI is InChI=1S/C19H26N2O4/c1-13-15-7-5-6-8-16(15)21(18(23)24-13)14-9-11-20(12-10-14)17(22)25-19(2,3)4/h5-8,13-14H,9-12H2,1-4H3. The van der Waals surface area contributed by atoms with Crippen molar-refractivity contribution in [1.29, 1.82) is 0 Å². The molecule has 6 nitrogen and oxygen atoms in total. The molecule has 0 saturated carbocycles. The predicted molar refractivity (Wildman–Crippen MR) is 94.6 cm³/mol. The number of benzene rings is 1. The molecule has 1 saturated heterocycles. The number of anilines is 1. The highest BCUT2D eigenvalue weighted by molar-refractivity contribution is 5.91. The molecule has 0 bridgehead atoms. The fourth-order valence-corrected chi connectivity index (χ4v) is 3.40. The summed E-state index contributed by atoms with van der Waals surface area (Å²) in [7, 11) is 0. The molecule has 1 aromatic rings. The summed E-state index contributed by atoms with van der Waals surface area (Å²) < 4.78 is 10.9. The smallest absolute Gasteiger partial charge is 0.415 e. The zero-order valence-corrected chi connectivity index (χ0v) is 15.3. The third kappa shape index (κ3) is 3.72. The molecule has 25 heavy (non-hydrogen) atoms. The van der Waals surface area contributed by atoms with Crippen LogP contribution in [-0.4, -0.2) is 41.8 Å². The van der Waals surface area contributed by atoms with Gasteiger partial charge in [0.25, 0.3) is 0 Å². The maximum Gasteiger partial charge on any atom is 0.415 e. The van der Waals surface area contributed by atoms with Crippen molar-refractivity contribution >= 4 is 17.9 Å². The van der Waals surface area contributed by atoms with E-state index in [2.05, 4.69) is 0 Å². The van der Waals surface area contributed by atoms with Crippen LogP contribution < -0.4 is 4.90 Å². The summed E-state index contributed by atoms with van der Waals surface area (Å²) >= 11 is 0. The number of para-hydroxylation sites is 1. The summed E-state index contributed by atoms with van der Waals surface area (Å²) in [6.45, 7) is 8.61. The summed E-state index contributed by atoms with van der Waals surface area (Å²) in [6, 6.07) is 7.88. The quantitative estimate of drug-likeness (QED) is 0.768. The molecule has 0 aromatic heterocycles. The Kier molecular flexibility index (Phi) is 4.62. The predicted octanol–water partition coefficient (Wildman–Crippen LogP) is 4.10. The third-order valence-electron chi connectivity index (χ3n) is 4.59. The minimum absolute atomic E-state index is 0.0276. The van der Waals surface area contributed by atoms with Gasteiger partial charge in [0.1, 0.15) is 11.7 Å². The topological polar surface area (TPSA) is 59.1 Å².